The molecule has 5 nitrogen and oxygen atoms in total. The third-order valence-electron chi connectivity index (χ3n) is 4.42. The molecular formula is C21H23ClN2O3. The second-order valence-electron chi connectivity index (χ2n) is 6.67. The molecule has 0 aliphatic carbocycles. The van der Waals surface area contributed by atoms with Crippen LogP contribution in [-0.2, 0) is 20.9 Å². The first-order chi connectivity index (χ1) is 13.0. The van der Waals surface area contributed by atoms with Crippen LogP contribution in [0.25, 0.3) is 0 Å². The van der Waals surface area contributed by atoms with Gasteiger partial charge in [-0.2, -0.15) is 0 Å². The Kier molecular flexibility index (Phi) is 6.48. The second kappa shape index (κ2) is 9.02. The van der Waals surface area contributed by atoms with E-state index in [9.17, 15) is 4.79 Å². The molecule has 1 aliphatic heterocycles. The number of benzene rings is 2. The molecule has 6 heteroatoms. The number of amides is 1. The van der Waals surface area contributed by atoms with E-state index >= 15 is 0 Å². The molecule has 27 heavy (non-hydrogen) atoms. The molecule has 3 rings (SSSR count). The van der Waals surface area contributed by atoms with E-state index in [4.69, 9.17) is 21.2 Å². The van der Waals surface area contributed by atoms with Crippen molar-refractivity contribution < 1.29 is 14.4 Å². The van der Waals surface area contributed by atoms with Gasteiger partial charge in [0.15, 0.2) is 6.10 Å². The predicted octanol–water partition coefficient (Wildman–Crippen LogP) is 3.82. The number of carbonyl (C=O) groups excluding carboxylic acids is 1. The van der Waals surface area contributed by atoms with Crippen molar-refractivity contribution in [1.82, 2.24) is 4.90 Å². The third-order valence-corrected chi connectivity index (χ3v) is 4.66. The summed E-state index contributed by atoms with van der Waals surface area (Å²) < 4.78 is 5.03. The number of halogens is 1. The molecule has 0 spiro atoms. The lowest BCUT2D eigenvalue weighted by molar-refractivity contribution is -0.137. The van der Waals surface area contributed by atoms with Crippen molar-refractivity contribution >= 4 is 23.2 Å². The fourth-order valence-corrected chi connectivity index (χ4v) is 3.23. The Morgan fingerprint density at radius 1 is 1.30 bits per heavy atom. The first-order valence-electron chi connectivity index (χ1n) is 8.86. The van der Waals surface area contributed by atoms with Crippen LogP contribution >= 0.6 is 11.6 Å². The lowest BCUT2D eigenvalue weighted by atomic mass is 10.0. The summed E-state index contributed by atoms with van der Waals surface area (Å²) in [5, 5.41) is 4.87. The number of methoxy groups -OCH3 is 1. The Morgan fingerprint density at radius 2 is 2.07 bits per heavy atom. The van der Waals surface area contributed by atoms with Crippen molar-refractivity contribution in [3.05, 3.63) is 70.2 Å². The smallest absolute Gasteiger partial charge is 0.248 e. The maximum atomic E-state index is 12.5. The molecule has 1 atom stereocenters. The number of carbonyl (C=O) groups is 1. The highest BCUT2D eigenvalue weighted by atomic mass is 35.5. The number of ether oxygens (including phenoxy) is 1. The van der Waals surface area contributed by atoms with Gasteiger partial charge in [0, 0.05) is 25.1 Å². The van der Waals surface area contributed by atoms with Gasteiger partial charge < -0.3 is 14.5 Å². The van der Waals surface area contributed by atoms with Gasteiger partial charge >= 0.3 is 0 Å². The van der Waals surface area contributed by atoms with Crippen LogP contribution in [0, 0.1) is 6.92 Å². The van der Waals surface area contributed by atoms with Crippen LogP contribution in [0.15, 0.2) is 53.7 Å². The molecule has 0 N–H and O–H groups in total. The van der Waals surface area contributed by atoms with Crippen molar-refractivity contribution in [1.29, 1.82) is 0 Å². The summed E-state index contributed by atoms with van der Waals surface area (Å²) >= 11 is 6.07. The topological polar surface area (TPSA) is 51.1 Å². The summed E-state index contributed by atoms with van der Waals surface area (Å²) in [6.07, 6.45) is 0.483. The maximum absolute atomic E-state index is 12.5. The van der Waals surface area contributed by atoms with Gasteiger partial charge in [-0.25, -0.2) is 0 Å². The van der Waals surface area contributed by atoms with E-state index in [1.807, 2.05) is 36.4 Å². The molecule has 1 aliphatic rings. The number of aryl methyl sites for hydroxylation is 1. The number of hydrogen-bond acceptors (Lipinski definition) is 4. The third kappa shape index (κ3) is 5.31. The Labute approximate surface area is 164 Å². The van der Waals surface area contributed by atoms with E-state index < -0.39 is 0 Å². The summed E-state index contributed by atoms with van der Waals surface area (Å²) in [5.41, 5.74) is 4.12. The first kappa shape index (κ1) is 19.4. The average Bonchev–Trinajstić information content (AvgIpc) is 3.10. The predicted molar refractivity (Wildman–Crippen MR) is 106 cm³/mol. The number of rotatable bonds is 7. The van der Waals surface area contributed by atoms with Crippen LogP contribution in [0.5, 0.6) is 0 Å². The fraction of sp³-hybridized carbons (Fsp3) is 0.333. The minimum absolute atomic E-state index is 0.0267. The van der Waals surface area contributed by atoms with Crippen LogP contribution in [-0.4, -0.2) is 42.9 Å². The minimum Gasteiger partial charge on any atom is -0.390 e. The molecule has 0 saturated carbocycles. The summed E-state index contributed by atoms with van der Waals surface area (Å²) in [7, 11) is 1.51. The summed E-state index contributed by atoms with van der Waals surface area (Å²) in [6.45, 7) is 2.96. The van der Waals surface area contributed by atoms with Crippen molar-refractivity contribution in [3.8, 4) is 0 Å². The highest BCUT2D eigenvalue weighted by Gasteiger charge is 2.26. The van der Waals surface area contributed by atoms with Crippen molar-refractivity contribution in [2.45, 2.75) is 26.0 Å². The minimum atomic E-state index is -0.179. The molecule has 0 radical (unpaired) electrons. The molecule has 2 aromatic carbocycles. The van der Waals surface area contributed by atoms with Crippen molar-refractivity contribution in [3.63, 3.8) is 0 Å². The quantitative estimate of drug-likeness (QED) is 0.726. The van der Waals surface area contributed by atoms with Crippen LogP contribution < -0.4 is 0 Å². The Hall–Kier alpha value is -2.37. The van der Waals surface area contributed by atoms with E-state index in [1.165, 1.54) is 12.7 Å². The van der Waals surface area contributed by atoms with Crippen molar-refractivity contribution in [2.75, 3.05) is 20.3 Å². The SMILES string of the molecule is COCC(=O)N(Cc1cccc(Cl)c1)C[C@@H]1CC(c2ccc(C)cc2)=NO1. The van der Waals surface area contributed by atoms with Gasteiger partial charge in [0.1, 0.15) is 6.61 Å². The summed E-state index contributed by atoms with van der Waals surface area (Å²) in [5.74, 6) is -0.0927. The van der Waals surface area contributed by atoms with Crippen LogP contribution in [0.1, 0.15) is 23.1 Å². The molecule has 0 bridgehead atoms. The Balaban J connectivity index is 1.66. The molecule has 1 heterocycles. The second-order valence-corrected chi connectivity index (χ2v) is 7.11. The molecule has 0 fully saturated rings. The van der Waals surface area contributed by atoms with Crippen LogP contribution in [0.3, 0.4) is 0 Å². The summed E-state index contributed by atoms with van der Waals surface area (Å²) in [6, 6.07) is 15.7. The van der Waals surface area contributed by atoms with Crippen LogP contribution in [0.4, 0.5) is 0 Å². The molecular weight excluding hydrogens is 364 g/mol. The van der Waals surface area contributed by atoms with Gasteiger partial charge in [0.05, 0.1) is 12.3 Å². The highest BCUT2D eigenvalue weighted by molar-refractivity contribution is 6.30. The maximum Gasteiger partial charge on any atom is 0.248 e. The van der Waals surface area contributed by atoms with E-state index in [0.717, 1.165) is 16.8 Å². The zero-order chi connectivity index (χ0) is 19.2. The van der Waals surface area contributed by atoms with E-state index in [1.54, 1.807) is 4.90 Å². The van der Waals surface area contributed by atoms with Gasteiger partial charge in [0.2, 0.25) is 5.91 Å². The number of hydrogen-bond donors (Lipinski definition) is 0. The molecule has 2 aromatic rings. The first-order valence-corrected chi connectivity index (χ1v) is 9.24. The molecule has 142 valence electrons. The van der Waals surface area contributed by atoms with E-state index in [0.29, 0.717) is 24.5 Å². The number of nitrogens with zero attached hydrogens (tertiary/aromatic N) is 2. The van der Waals surface area contributed by atoms with Gasteiger partial charge in [-0.1, -0.05) is 58.7 Å². The highest BCUT2D eigenvalue weighted by Crippen LogP contribution is 2.20. The zero-order valence-corrected chi connectivity index (χ0v) is 16.3. The molecule has 0 saturated heterocycles. The van der Waals surface area contributed by atoms with E-state index in [2.05, 4.69) is 24.2 Å². The standard InChI is InChI=1S/C21H23ClN2O3/c1-15-6-8-17(9-7-15)20-11-19(27-23-20)13-24(21(25)14-26-2)12-16-4-3-5-18(22)10-16/h3-10,19H,11-14H2,1-2H3/t19-/m0/s1. The van der Waals surface area contributed by atoms with Gasteiger partial charge in [-0.05, 0) is 30.2 Å². The monoisotopic (exact) mass is 386 g/mol. The Bertz CT molecular complexity index is 820. The van der Waals surface area contributed by atoms with E-state index in [-0.39, 0.29) is 18.6 Å². The van der Waals surface area contributed by atoms with Crippen molar-refractivity contribution in [2.24, 2.45) is 5.16 Å². The largest absolute Gasteiger partial charge is 0.390 e. The van der Waals surface area contributed by atoms with Gasteiger partial charge in [-0.15, -0.1) is 0 Å². The van der Waals surface area contributed by atoms with Gasteiger partial charge in [-0.3, -0.25) is 4.79 Å². The van der Waals surface area contributed by atoms with Gasteiger partial charge in [0.25, 0.3) is 0 Å². The van der Waals surface area contributed by atoms with Crippen LogP contribution in [0.2, 0.25) is 5.02 Å². The molecule has 0 aromatic heterocycles. The summed E-state index contributed by atoms with van der Waals surface area (Å²) in [4.78, 5) is 19.8. The fourth-order valence-electron chi connectivity index (χ4n) is 3.01. The molecule has 0 unspecified atom stereocenters. The lowest BCUT2D eigenvalue weighted by Gasteiger charge is -2.25. The number of oxime groups is 1. The molecule has 1 amide bonds. The zero-order valence-electron chi connectivity index (χ0n) is 15.5. The average molecular weight is 387 g/mol. The lowest BCUT2D eigenvalue weighted by Crippen LogP contribution is -2.39. The normalized spacial score (nSPS) is 16.0. The Morgan fingerprint density at radius 3 is 2.78 bits per heavy atom.